The SMILES string of the molecule is O=Cc1c(Cl)ccc2c(Cl)ncnc12. The van der Waals surface area contributed by atoms with Crippen LogP contribution in [-0.2, 0) is 0 Å². The molecular weight excluding hydrogens is 223 g/mol. The Labute approximate surface area is 89.7 Å². The number of benzene rings is 1. The quantitative estimate of drug-likeness (QED) is 0.555. The molecule has 0 radical (unpaired) electrons. The number of halogens is 2. The van der Waals surface area contributed by atoms with Gasteiger partial charge in [0.05, 0.1) is 16.1 Å². The van der Waals surface area contributed by atoms with Gasteiger partial charge in [-0.3, -0.25) is 4.79 Å². The van der Waals surface area contributed by atoms with E-state index in [0.29, 0.717) is 32.9 Å². The normalized spacial score (nSPS) is 10.4. The van der Waals surface area contributed by atoms with E-state index in [1.165, 1.54) is 6.33 Å². The second-order valence-electron chi connectivity index (χ2n) is 2.64. The van der Waals surface area contributed by atoms with E-state index < -0.39 is 0 Å². The van der Waals surface area contributed by atoms with Crippen LogP contribution in [0, 0.1) is 0 Å². The molecule has 0 aliphatic carbocycles. The fourth-order valence-electron chi connectivity index (χ4n) is 1.21. The van der Waals surface area contributed by atoms with Crippen molar-refractivity contribution < 1.29 is 4.79 Å². The Morgan fingerprint density at radius 1 is 1.21 bits per heavy atom. The Kier molecular flexibility index (Phi) is 2.35. The van der Waals surface area contributed by atoms with Crippen LogP contribution in [0.4, 0.5) is 0 Å². The van der Waals surface area contributed by atoms with Gasteiger partial charge in [-0.1, -0.05) is 23.2 Å². The molecule has 1 aromatic heterocycles. The van der Waals surface area contributed by atoms with E-state index >= 15 is 0 Å². The predicted molar refractivity (Wildman–Crippen MR) is 54.9 cm³/mol. The zero-order valence-electron chi connectivity index (χ0n) is 6.87. The summed E-state index contributed by atoms with van der Waals surface area (Å²) < 4.78 is 0. The van der Waals surface area contributed by atoms with Crippen molar-refractivity contribution in [2.24, 2.45) is 0 Å². The van der Waals surface area contributed by atoms with Crippen molar-refractivity contribution in [2.45, 2.75) is 0 Å². The number of rotatable bonds is 1. The van der Waals surface area contributed by atoms with E-state index in [0.717, 1.165) is 0 Å². The van der Waals surface area contributed by atoms with Crippen LogP contribution in [0.5, 0.6) is 0 Å². The maximum absolute atomic E-state index is 10.8. The lowest BCUT2D eigenvalue weighted by Gasteiger charge is -2.02. The molecule has 2 aromatic rings. The summed E-state index contributed by atoms with van der Waals surface area (Å²) in [7, 11) is 0. The molecule has 14 heavy (non-hydrogen) atoms. The number of aldehydes is 1. The molecule has 70 valence electrons. The highest BCUT2D eigenvalue weighted by atomic mass is 35.5. The van der Waals surface area contributed by atoms with Gasteiger partial charge >= 0.3 is 0 Å². The van der Waals surface area contributed by atoms with E-state index in [1.54, 1.807) is 12.1 Å². The number of hydrogen-bond acceptors (Lipinski definition) is 3. The van der Waals surface area contributed by atoms with Crippen molar-refractivity contribution in [2.75, 3.05) is 0 Å². The van der Waals surface area contributed by atoms with E-state index in [1.807, 2.05) is 0 Å². The molecule has 0 unspecified atom stereocenters. The summed E-state index contributed by atoms with van der Waals surface area (Å²) in [6, 6.07) is 3.29. The molecular formula is C9H4Cl2N2O. The molecule has 0 amide bonds. The summed E-state index contributed by atoms with van der Waals surface area (Å²) in [5, 5.41) is 1.30. The van der Waals surface area contributed by atoms with Crippen LogP contribution in [0.1, 0.15) is 10.4 Å². The van der Waals surface area contributed by atoms with Crippen LogP contribution < -0.4 is 0 Å². The number of nitrogens with zero attached hydrogens (tertiary/aromatic N) is 2. The Morgan fingerprint density at radius 3 is 2.71 bits per heavy atom. The molecule has 1 aromatic carbocycles. The highest BCUT2D eigenvalue weighted by Crippen LogP contribution is 2.26. The van der Waals surface area contributed by atoms with Crippen LogP contribution >= 0.6 is 23.2 Å². The van der Waals surface area contributed by atoms with Crippen molar-refractivity contribution in [1.82, 2.24) is 9.97 Å². The second-order valence-corrected chi connectivity index (χ2v) is 3.40. The smallest absolute Gasteiger partial charge is 0.153 e. The molecule has 0 N–H and O–H groups in total. The summed E-state index contributed by atoms with van der Waals surface area (Å²) in [5.74, 6) is 0. The molecule has 0 bridgehead atoms. The number of fused-ring (bicyclic) bond motifs is 1. The molecule has 0 aliphatic heterocycles. The third-order valence-electron chi connectivity index (χ3n) is 1.86. The first kappa shape index (κ1) is 9.37. The minimum Gasteiger partial charge on any atom is -0.298 e. The van der Waals surface area contributed by atoms with E-state index in [4.69, 9.17) is 23.2 Å². The standard InChI is InChI=1S/C9H4Cl2N2O/c10-7-2-1-5-8(6(7)3-14)12-4-13-9(5)11/h1-4H. The van der Waals surface area contributed by atoms with Crippen molar-refractivity contribution in [3.63, 3.8) is 0 Å². The first-order valence-corrected chi connectivity index (χ1v) is 4.53. The lowest BCUT2D eigenvalue weighted by molar-refractivity contribution is 0.112. The predicted octanol–water partition coefficient (Wildman–Crippen LogP) is 2.75. The summed E-state index contributed by atoms with van der Waals surface area (Å²) >= 11 is 11.6. The van der Waals surface area contributed by atoms with Gasteiger partial charge in [0.25, 0.3) is 0 Å². The molecule has 0 atom stereocenters. The molecule has 5 heteroatoms. The highest BCUT2D eigenvalue weighted by molar-refractivity contribution is 6.37. The van der Waals surface area contributed by atoms with Crippen molar-refractivity contribution >= 4 is 40.4 Å². The summed E-state index contributed by atoms with van der Waals surface area (Å²) in [6.07, 6.45) is 1.96. The fraction of sp³-hybridized carbons (Fsp3) is 0. The van der Waals surface area contributed by atoms with Crippen molar-refractivity contribution in [1.29, 1.82) is 0 Å². The Balaban J connectivity index is 2.95. The average molecular weight is 227 g/mol. The molecule has 1 heterocycles. The van der Waals surface area contributed by atoms with Gasteiger partial charge in [0, 0.05) is 5.39 Å². The van der Waals surface area contributed by atoms with Crippen LogP contribution in [0.3, 0.4) is 0 Å². The van der Waals surface area contributed by atoms with Gasteiger partial charge < -0.3 is 0 Å². The minimum absolute atomic E-state index is 0.315. The zero-order chi connectivity index (χ0) is 10.1. The van der Waals surface area contributed by atoms with Gasteiger partial charge in [0.2, 0.25) is 0 Å². The summed E-state index contributed by atoms with van der Waals surface area (Å²) in [6.45, 7) is 0. The van der Waals surface area contributed by atoms with Crippen LogP contribution in [0.15, 0.2) is 18.5 Å². The number of carbonyl (C=O) groups is 1. The summed E-state index contributed by atoms with van der Waals surface area (Å²) in [4.78, 5) is 18.5. The van der Waals surface area contributed by atoms with Gasteiger partial charge in [-0.2, -0.15) is 0 Å². The summed E-state index contributed by atoms with van der Waals surface area (Å²) in [5.41, 5.74) is 0.820. The number of hydrogen-bond donors (Lipinski definition) is 0. The molecule has 3 nitrogen and oxygen atoms in total. The Bertz CT molecular complexity index is 513. The van der Waals surface area contributed by atoms with Gasteiger partial charge in [0.1, 0.15) is 11.5 Å². The lowest BCUT2D eigenvalue weighted by Crippen LogP contribution is -1.90. The van der Waals surface area contributed by atoms with Gasteiger partial charge in [-0.15, -0.1) is 0 Å². The van der Waals surface area contributed by atoms with Crippen LogP contribution in [0.2, 0.25) is 10.2 Å². The topological polar surface area (TPSA) is 42.9 Å². The largest absolute Gasteiger partial charge is 0.298 e. The first-order valence-electron chi connectivity index (χ1n) is 3.78. The highest BCUT2D eigenvalue weighted by Gasteiger charge is 2.08. The van der Waals surface area contributed by atoms with Gasteiger partial charge in [0.15, 0.2) is 6.29 Å². The van der Waals surface area contributed by atoms with E-state index in [9.17, 15) is 4.79 Å². The molecule has 0 saturated carbocycles. The van der Waals surface area contributed by atoms with Gasteiger partial charge in [-0.25, -0.2) is 9.97 Å². The van der Waals surface area contributed by atoms with E-state index in [2.05, 4.69) is 9.97 Å². The number of aromatic nitrogens is 2. The third-order valence-corrected chi connectivity index (χ3v) is 2.49. The van der Waals surface area contributed by atoms with Crippen molar-refractivity contribution in [3.05, 3.63) is 34.2 Å². The first-order chi connectivity index (χ1) is 6.74. The van der Waals surface area contributed by atoms with Gasteiger partial charge in [-0.05, 0) is 12.1 Å². The Morgan fingerprint density at radius 2 is 2.00 bits per heavy atom. The average Bonchev–Trinajstić information content (AvgIpc) is 2.18. The third kappa shape index (κ3) is 1.35. The Hall–Kier alpha value is -1.19. The van der Waals surface area contributed by atoms with E-state index in [-0.39, 0.29) is 0 Å². The van der Waals surface area contributed by atoms with Crippen molar-refractivity contribution in [3.8, 4) is 0 Å². The fourth-order valence-corrected chi connectivity index (χ4v) is 1.60. The number of carbonyl (C=O) groups excluding carboxylic acids is 1. The molecule has 0 aliphatic rings. The lowest BCUT2D eigenvalue weighted by atomic mass is 10.1. The van der Waals surface area contributed by atoms with Crippen LogP contribution in [-0.4, -0.2) is 16.3 Å². The minimum atomic E-state index is 0.315. The molecule has 0 fully saturated rings. The molecule has 0 spiro atoms. The zero-order valence-corrected chi connectivity index (χ0v) is 8.38. The monoisotopic (exact) mass is 226 g/mol. The maximum atomic E-state index is 10.8. The van der Waals surface area contributed by atoms with Crippen LogP contribution in [0.25, 0.3) is 10.9 Å². The molecule has 2 rings (SSSR count). The molecule has 0 saturated heterocycles. The maximum Gasteiger partial charge on any atom is 0.153 e. The second kappa shape index (κ2) is 3.52.